The number of benzene rings is 4. The van der Waals surface area contributed by atoms with E-state index in [-0.39, 0.29) is 11.3 Å². The smallest absolute Gasteiger partial charge is 0.275 e. The second kappa shape index (κ2) is 7.81. The van der Waals surface area contributed by atoms with Crippen LogP contribution >= 0.6 is 11.8 Å². The molecule has 0 aromatic heterocycles. The monoisotopic (exact) mass is 425 g/mol. The van der Waals surface area contributed by atoms with Crippen molar-refractivity contribution >= 4 is 45.5 Å². The van der Waals surface area contributed by atoms with Gasteiger partial charge in [0.25, 0.3) is 5.91 Å². The topological polar surface area (TPSA) is 73.7 Å². The Morgan fingerprint density at radius 2 is 1.71 bits per heavy atom. The van der Waals surface area contributed by atoms with Crippen molar-refractivity contribution in [3.05, 3.63) is 90.0 Å². The van der Waals surface area contributed by atoms with Crippen molar-refractivity contribution < 1.29 is 9.90 Å². The lowest BCUT2D eigenvalue weighted by molar-refractivity contribution is 0.0954. The van der Waals surface area contributed by atoms with Crippen molar-refractivity contribution in [2.75, 3.05) is 5.32 Å². The van der Waals surface area contributed by atoms with Gasteiger partial charge in [0.1, 0.15) is 5.75 Å². The number of nitrogens with zero attached hydrogens (tertiary/aromatic N) is 1. The van der Waals surface area contributed by atoms with Gasteiger partial charge in [-0.1, -0.05) is 60.3 Å². The van der Waals surface area contributed by atoms with Gasteiger partial charge in [-0.05, 0) is 53.6 Å². The predicted octanol–water partition coefficient (Wildman–Crippen LogP) is 5.91. The highest BCUT2D eigenvalue weighted by atomic mass is 32.2. The third kappa shape index (κ3) is 3.62. The van der Waals surface area contributed by atoms with Gasteiger partial charge in [0.15, 0.2) is 0 Å². The standard InChI is InChI=1S/C25H19N3O2S/c1-15(17-11-13-23-20(14-17)26-19-8-4-5-9-22(19)31-23)27-28-25(30)24-18-7-3-2-6-16(18)10-12-21(24)29/h2-14,26,29H,1H3,(H,28,30)/b27-15-. The first-order valence-corrected chi connectivity index (χ1v) is 10.7. The normalized spacial score (nSPS) is 12.6. The average molecular weight is 426 g/mol. The number of hydrogen-bond donors (Lipinski definition) is 3. The summed E-state index contributed by atoms with van der Waals surface area (Å²) in [6.07, 6.45) is 0. The van der Waals surface area contributed by atoms with Gasteiger partial charge in [0, 0.05) is 9.79 Å². The van der Waals surface area contributed by atoms with Crippen molar-refractivity contribution in [3.8, 4) is 5.75 Å². The van der Waals surface area contributed by atoms with Crippen LogP contribution < -0.4 is 10.7 Å². The molecule has 0 fully saturated rings. The van der Waals surface area contributed by atoms with Gasteiger partial charge in [0.05, 0.1) is 22.6 Å². The number of anilines is 2. The number of carbonyl (C=O) groups excluding carboxylic acids is 1. The Labute approximate surface area is 183 Å². The summed E-state index contributed by atoms with van der Waals surface area (Å²) >= 11 is 1.72. The highest BCUT2D eigenvalue weighted by Crippen LogP contribution is 2.44. The third-order valence-electron chi connectivity index (χ3n) is 5.23. The third-order valence-corrected chi connectivity index (χ3v) is 6.38. The van der Waals surface area contributed by atoms with E-state index in [1.807, 2.05) is 55.5 Å². The average Bonchev–Trinajstić information content (AvgIpc) is 2.80. The van der Waals surface area contributed by atoms with E-state index in [9.17, 15) is 9.90 Å². The summed E-state index contributed by atoms with van der Waals surface area (Å²) in [5.74, 6) is -0.521. The van der Waals surface area contributed by atoms with E-state index in [0.29, 0.717) is 11.1 Å². The Balaban J connectivity index is 1.40. The van der Waals surface area contributed by atoms with Gasteiger partial charge in [-0.3, -0.25) is 4.79 Å². The molecule has 0 atom stereocenters. The molecule has 0 saturated heterocycles. The summed E-state index contributed by atoms with van der Waals surface area (Å²) in [6.45, 7) is 1.84. The Hall–Kier alpha value is -3.77. The fourth-order valence-corrected chi connectivity index (χ4v) is 4.59. The minimum absolute atomic E-state index is 0.0716. The van der Waals surface area contributed by atoms with Crippen LogP contribution in [0.2, 0.25) is 0 Å². The molecule has 5 nitrogen and oxygen atoms in total. The Bertz CT molecular complexity index is 1360. The Morgan fingerprint density at radius 1 is 0.935 bits per heavy atom. The van der Waals surface area contributed by atoms with Crippen molar-refractivity contribution in [2.45, 2.75) is 16.7 Å². The van der Waals surface area contributed by atoms with Crippen LogP contribution in [0, 0.1) is 0 Å². The zero-order valence-electron chi connectivity index (χ0n) is 16.7. The van der Waals surface area contributed by atoms with E-state index in [1.165, 1.54) is 11.0 Å². The number of hydrazone groups is 1. The van der Waals surface area contributed by atoms with Crippen LogP contribution in [0.15, 0.2) is 93.8 Å². The number of carbonyl (C=O) groups is 1. The number of amides is 1. The quantitative estimate of drug-likeness (QED) is 0.248. The van der Waals surface area contributed by atoms with E-state index >= 15 is 0 Å². The van der Waals surface area contributed by atoms with Crippen molar-refractivity contribution in [1.82, 2.24) is 5.43 Å². The second-order valence-corrected chi connectivity index (χ2v) is 8.34. The number of phenolic OH excluding ortho intramolecular Hbond substituents is 1. The number of rotatable bonds is 3. The first-order valence-electron chi connectivity index (χ1n) is 9.84. The van der Waals surface area contributed by atoms with Gasteiger partial charge in [-0.15, -0.1) is 0 Å². The van der Waals surface area contributed by atoms with Crippen LogP contribution in [0.1, 0.15) is 22.8 Å². The minimum Gasteiger partial charge on any atom is -0.507 e. The molecule has 1 heterocycles. The lowest BCUT2D eigenvalue weighted by Gasteiger charge is -2.21. The Kier molecular flexibility index (Phi) is 4.84. The fraction of sp³-hybridized carbons (Fsp3) is 0.0400. The van der Waals surface area contributed by atoms with Gasteiger partial charge in [0.2, 0.25) is 0 Å². The molecule has 1 aliphatic rings. The largest absolute Gasteiger partial charge is 0.507 e. The molecular weight excluding hydrogens is 406 g/mol. The summed E-state index contributed by atoms with van der Waals surface area (Å²) < 4.78 is 0. The van der Waals surface area contributed by atoms with Gasteiger partial charge >= 0.3 is 0 Å². The zero-order valence-corrected chi connectivity index (χ0v) is 17.5. The van der Waals surface area contributed by atoms with E-state index in [2.05, 4.69) is 34.0 Å². The fourth-order valence-electron chi connectivity index (χ4n) is 3.62. The number of fused-ring (bicyclic) bond motifs is 3. The second-order valence-electron chi connectivity index (χ2n) is 7.25. The van der Waals surface area contributed by atoms with Crippen LogP contribution in [0.25, 0.3) is 10.8 Å². The molecule has 0 bridgehead atoms. The predicted molar refractivity (Wildman–Crippen MR) is 126 cm³/mol. The summed E-state index contributed by atoms with van der Waals surface area (Å²) in [4.78, 5) is 15.1. The molecule has 152 valence electrons. The maximum Gasteiger partial charge on any atom is 0.275 e. The maximum absolute atomic E-state index is 12.8. The van der Waals surface area contributed by atoms with Crippen molar-refractivity contribution in [2.24, 2.45) is 5.10 Å². The summed E-state index contributed by atoms with van der Waals surface area (Å²) in [7, 11) is 0. The molecule has 3 N–H and O–H groups in total. The highest BCUT2D eigenvalue weighted by molar-refractivity contribution is 7.99. The lowest BCUT2D eigenvalue weighted by atomic mass is 10.0. The van der Waals surface area contributed by atoms with Gasteiger partial charge in [-0.2, -0.15) is 5.10 Å². The van der Waals surface area contributed by atoms with Crippen molar-refractivity contribution in [3.63, 3.8) is 0 Å². The molecule has 6 heteroatoms. The van der Waals surface area contributed by atoms with Gasteiger partial charge < -0.3 is 10.4 Å². The summed E-state index contributed by atoms with van der Waals surface area (Å²) in [5.41, 5.74) is 6.46. The first-order chi connectivity index (χ1) is 15.1. The minimum atomic E-state index is -0.450. The van der Waals surface area contributed by atoms with Gasteiger partial charge in [-0.25, -0.2) is 5.43 Å². The molecule has 4 aromatic rings. The molecule has 0 aliphatic carbocycles. The molecule has 0 spiro atoms. The van der Waals surface area contributed by atoms with Crippen LogP contribution in [0.4, 0.5) is 11.4 Å². The number of nitrogens with one attached hydrogen (secondary N) is 2. The molecule has 4 aromatic carbocycles. The lowest BCUT2D eigenvalue weighted by Crippen LogP contribution is -2.20. The molecule has 31 heavy (non-hydrogen) atoms. The van der Waals surface area contributed by atoms with Crippen molar-refractivity contribution in [1.29, 1.82) is 0 Å². The highest BCUT2D eigenvalue weighted by Gasteiger charge is 2.17. The van der Waals surface area contributed by atoms with E-state index in [0.717, 1.165) is 27.2 Å². The van der Waals surface area contributed by atoms with E-state index < -0.39 is 5.91 Å². The maximum atomic E-state index is 12.8. The van der Waals surface area contributed by atoms with Crippen LogP contribution in [0.3, 0.4) is 0 Å². The number of para-hydroxylation sites is 1. The SMILES string of the molecule is C/C(=N/NC(=O)c1c(O)ccc2ccccc12)c1ccc2c(c1)Nc1ccccc1S2. The first kappa shape index (κ1) is 19.2. The number of hydrogen-bond acceptors (Lipinski definition) is 5. The summed E-state index contributed by atoms with van der Waals surface area (Å²) in [6, 6.07) is 25.0. The molecule has 0 unspecified atom stereocenters. The molecule has 1 amide bonds. The molecule has 5 rings (SSSR count). The zero-order chi connectivity index (χ0) is 21.4. The molecule has 0 radical (unpaired) electrons. The van der Waals surface area contributed by atoms with E-state index in [4.69, 9.17) is 0 Å². The van der Waals surface area contributed by atoms with Crippen LogP contribution in [-0.4, -0.2) is 16.7 Å². The van der Waals surface area contributed by atoms with E-state index in [1.54, 1.807) is 17.8 Å². The number of aromatic hydroxyl groups is 1. The molecule has 1 aliphatic heterocycles. The summed E-state index contributed by atoms with van der Waals surface area (Å²) in [5, 5.41) is 19.6. The van der Waals surface area contributed by atoms with Crippen LogP contribution in [0.5, 0.6) is 5.75 Å². The number of phenols is 1. The van der Waals surface area contributed by atoms with Crippen LogP contribution in [-0.2, 0) is 0 Å². The molecule has 0 saturated carbocycles. The molecular formula is C25H19N3O2S. The Morgan fingerprint density at radius 3 is 2.61 bits per heavy atom.